The monoisotopic (exact) mass is 159 g/mol. The van der Waals surface area contributed by atoms with E-state index < -0.39 is 0 Å². The molecule has 0 saturated heterocycles. The van der Waals surface area contributed by atoms with Crippen molar-refractivity contribution in [1.82, 2.24) is 15.0 Å². The molecule has 0 saturated carbocycles. The molecule has 5 heteroatoms. The van der Waals surface area contributed by atoms with Crippen LogP contribution in [0.15, 0.2) is 12.4 Å². The summed E-state index contributed by atoms with van der Waals surface area (Å²) >= 11 is 0. The molecule has 0 fully saturated rings. The summed E-state index contributed by atoms with van der Waals surface area (Å²) in [5, 5.41) is 8.61. The fraction of sp³-hybridized carbons (Fsp3) is 0. The Morgan fingerprint density at radius 3 is 3.17 bits per heavy atom. The normalized spacial score (nSPS) is 9.92. The topological polar surface area (TPSA) is 91.4 Å². The largest absolute Gasteiger partial charge is 0.383 e. The first kappa shape index (κ1) is 6.61. The minimum atomic E-state index is 0.231. The molecule has 0 amide bonds. The first-order valence-electron chi connectivity index (χ1n) is 3.31. The summed E-state index contributed by atoms with van der Waals surface area (Å²) in [6, 6.07) is 3.54. The maximum Gasteiger partial charge on any atom is 0.159 e. The van der Waals surface area contributed by atoms with E-state index in [4.69, 9.17) is 11.0 Å². The van der Waals surface area contributed by atoms with E-state index in [1.54, 1.807) is 6.07 Å². The molecule has 2 aromatic heterocycles. The van der Waals surface area contributed by atoms with Crippen LogP contribution < -0.4 is 5.73 Å². The Balaban J connectivity index is 2.84. The molecule has 2 rings (SSSR count). The van der Waals surface area contributed by atoms with Crippen LogP contribution in [0.3, 0.4) is 0 Å². The fourth-order valence-electron chi connectivity index (χ4n) is 0.974. The van der Waals surface area contributed by atoms with Gasteiger partial charge in [0.05, 0.1) is 11.9 Å². The van der Waals surface area contributed by atoms with Crippen LogP contribution in [0.5, 0.6) is 0 Å². The van der Waals surface area contributed by atoms with Crippen LogP contribution in [0.25, 0.3) is 11.2 Å². The number of hydrogen-bond acceptors (Lipinski definition) is 4. The number of anilines is 1. The molecule has 0 radical (unpaired) electrons. The van der Waals surface area contributed by atoms with Gasteiger partial charge in [-0.05, 0) is 6.07 Å². The Bertz CT molecular complexity index is 464. The molecule has 3 N–H and O–H groups in total. The minimum Gasteiger partial charge on any atom is -0.383 e. The lowest BCUT2D eigenvalue weighted by Gasteiger charge is -1.93. The molecule has 12 heavy (non-hydrogen) atoms. The third-order valence-electron chi connectivity index (χ3n) is 1.56. The Morgan fingerprint density at radius 2 is 2.42 bits per heavy atom. The van der Waals surface area contributed by atoms with Crippen molar-refractivity contribution in [3.63, 3.8) is 0 Å². The molecule has 0 bridgehead atoms. The molecule has 0 aromatic carbocycles. The molecule has 2 aromatic rings. The van der Waals surface area contributed by atoms with E-state index in [0.29, 0.717) is 16.7 Å². The SMILES string of the molecule is N#Cc1cc2nc[nH]c2nc1N. The highest BCUT2D eigenvalue weighted by Crippen LogP contribution is 2.13. The molecule has 0 aliphatic heterocycles. The lowest BCUT2D eigenvalue weighted by Crippen LogP contribution is -1.94. The van der Waals surface area contributed by atoms with Gasteiger partial charge in [-0.15, -0.1) is 0 Å². The summed E-state index contributed by atoms with van der Waals surface area (Å²) in [4.78, 5) is 10.7. The highest BCUT2D eigenvalue weighted by molar-refractivity contribution is 5.75. The number of fused-ring (bicyclic) bond motifs is 1. The number of nitrogen functional groups attached to an aromatic ring is 1. The first-order chi connectivity index (χ1) is 5.81. The lowest BCUT2D eigenvalue weighted by atomic mass is 10.3. The van der Waals surface area contributed by atoms with Crippen molar-refractivity contribution in [1.29, 1.82) is 5.26 Å². The Kier molecular flexibility index (Phi) is 1.21. The molecular formula is C7H5N5. The second kappa shape index (κ2) is 2.20. The molecule has 0 aliphatic carbocycles. The van der Waals surface area contributed by atoms with Gasteiger partial charge in [0.1, 0.15) is 17.4 Å². The predicted molar refractivity (Wildman–Crippen MR) is 43.0 cm³/mol. The smallest absolute Gasteiger partial charge is 0.159 e. The number of aromatic nitrogens is 3. The van der Waals surface area contributed by atoms with Crippen LogP contribution in [0.1, 0.15) is 5.56 Å². The van der Waals surface area contributed by atoms with E-state index in [1.807, 2.05) is 6.07 Å². The van der Waals surface area contributed by atoms with Crippen molar-refractivity contribution in [2.75, 3.05) is 5.73 Å². The van der Waals surface area contributed by atoms with E-state index in [2.05, 4.69) is 15.0 Å². The van der Waals surface area contributed by atoms with Crippen molar-refractivity contribution < 1.29 is 0 Å². The number of H-pyrrole nitrogens is 1. The second-order valence-electron chi connectivity index (χ2n) is 2.30. The zero-order valence-corrected chi connectivity index (χ0v) is 6.07. The maximum absolute atomic E-state index is 8.61. The van der Waals surface area contributed by atoms with Gasteiger partial charge in [0.25, 0.3) is 0 Å². The van der Waals surface area contributed by atoms with Crippen LogP contribution in [0.4, 0.5) is 5.82 Å². The Morgan fingerprint density at radius 1 is 1.58 bits per heavy atom. The fourth-order valence-corrected chi connectivity index (χ4v) is 0.974. The van der Waals surface area contributed by atoms with Gasteiger partial charge in [0.2, 0.25) is 0 Å². The van der Waals surface area contributed by atoms with Crippen molar-refractivity contribution in [3.8, 4) is 6.07 Å². The van der Waals surface area contributed by atoms with Crippen LogP contribution in [-0.4, -0.2) is 15.0 Å². The number of hydrogen-bond donors (Lipinski definition) is 2. The average Bonchev–Trinajstić information content (AvgIpc) is 2.49. The second-order valence-corrected chi connectivity index (χ2v) is 2.30. The van der Waals surface area contributed by atoms with Gasteiger partial charge in [-0.25, -0.2) is 9.97 Å². The summed E-state index contributed by atoms with van der Waals surface area (Å²) in [7, 11) is 0. The van der Waals surface area contributed by atoms with E-state index in [9.17, 15) is 0 Å². The summed E-state index contributed by atoms with van der Waals surface area (Å²) in [6.07, 6.45) is 1.51. The minimum absolute atomic E-state index is 0.231. The number of nitrogens with one attached hydrogen (secondary N) is 1. The molecule has 0 aliphatic rings. The van der Waals surface area contributed by atoms with Crippen LogP contribution in [-0.2, 0) is 0 Å². The summed E-state index contributed by atoms with van der Waals surface area (Å²) in [5.41, 5.74) is 7.09. The molecule has 0 unspecified atom stereocenters. The van der Waals surface area contributed by atoms with Gasteiger partial charge in [-0.2, -0.15) is 5.26 Å². The van der Waals surface area contributed by atoms with E-state index in [-0.39, 0.29) is 5.82 Å². The van der Waals surface area contributed by atoms with Crippen LogP contribution in [0, 0.1) is 11.3 Å². The average molecular weight is 159 g/mol. The van der Waals surface area contributed by atoms with Gasteiger partial charge < -0.3 is 10.7 Å². The standard InChI is InChI=1S/C7H5N5/c8-2-4-1-5-7(11-3-10-5)12-6(4)9/h1,3H,(H3,9,10,11,12). The van der Waals surface area contributed by atoms with Crippen molar-refractivity contribution in [2.24, 2.45) is 0 Å². The maximum atomic E-state index is 8.61. The number of nitriles is 1. The number of rotatable bonds is 0. The predicted octanol–water partition coefficient (Wildman–Crippen LogP) is 0.412. The van der Waals surface area contributed by atoms with Gasteiger partial charge in [0, 0.05) is 0 Å². The van der Waals surface area contributed by atoms with E-state index >= 15 is 0 Å². The quantitative estimate of drug-likeness (QED) is 0.582. The van der Waals surface area contributed by atoms with Gasteiger partial charge in [-0.1, -0.05) is 0 Å². The number of pyridine rings is 1. The Hall–Kier alpha value is -2.09. The van der Waals surface area contributed by atoms with Crippen molar-refractivity contribution in [3.05, 3.63) is 18.0 Å². The number of nitrogens with two attached hydrogens (primary N) is 1. The van der Waals surface area contributed by atoms with E-state index in [0.717, 1.165) is 0 Å². The van der Waals surface area contributed by atoms with Gasteiger partial charge in [-0.3, -0.25) is 0 Å². The number of aromatic amines is 1. The first-order valence-corrected chi connectivity index (χ1v) is 3.31. The number of imidazole rings is 1. The molecule has 0 spiro atoms. The zero-order chi connectivity index (χ0) is 8.55. The van der Waals surface area contributed by atoms with Crippen LogP contribution >= 0.6 is 0 Å². The van der Waals surface area contributed by atoms with Gasteiger partial charge in [0.15, 0.2) is 5.65 Å². The zero-order valence-electron chi connectivity index (χ0n) is 6.07. The third-order valence-corrected chi connectivity index (χ3v) is 1.56. The van der Waals surface area contributed by atoms with Crippen molar-refractivity contribution in [2.45, 2.75) is 0 Å². The van der Waals surface area contributed by atoms with Gasteiger partial charge >= 0.3 is 0 Å². The molecule has 0 atom stereocenters. The van der Waals surface area contributed by atoms with Crippen LogP contribution in [0.2, 0.25) is 0 Å². The molecular weight excluding hydrogens is 154 g/mol. The molecule has 58 valence electrons. The molecule has 5 nitrogen and oxygen atoms in total. The van der Waals surface area contributed by atoms with E-state index in [1.165, 1.54) is 6.33 Å². The summed E-state index contributed by atoms with van der Waals surface area (Å²) in [5.74, 6) is 0.231. The molecule has 2 heterocycles. The highest BCUT2D eigenvalue weighted by Gasteiger charge is 2.03. The number of nitrogens with zero attached hydrogens (tertiary/aromatic N) is 3. The summed E-state index contributed by atoms with van der Waals surface area (Å²) < 4.78 is 0. The summed E-state index contributed by atoms with van der Waals surface area (Å²) in [6.45, 7) is 0. The highest BCUT2D eigenvalue weighted by atomic mass is 15.0. The Labute approximate surface area is 67.9 Å². The lowest BCUT2D eigenvalue weighted by molar-refractivity contribution is 1.30. The third kappa shape index (κ3) is 0.787. The van der Waals surface area contributed by atoms with Crippen molar-refractivity contribution >= 4 is 17.0 Å².